The number of rotatable bonds is 9. The van der Waals surface area contributed by atoms with Crippen LogP contribution >= 0.6 is 0 Å². The van der Waals surface area contributed by atoms with E-state index in [2.05, 4.69) is 10.1 Å². The highest BCUT2D eigenvalue weighted by Gasteiger charge is 2.00. The van der Waals surface area contributed by atoms with Crippen molar-refractivity contribution in [2.45, 2.75) is 39.7 Å². The second-order valence-corrected chi connectivity index (χ2v) is 4.21. The molecule has 0 aliphatic heterocycles. The molecule has 0 aliphatic carbocycles. The van der Waals surface area contributed by atoms with Crippen molar-refractivity contribution in [3.63, 3.8) is 0 Å². The molecule has 0 heterocycles. The Morgan fingerprint density at radius 3 is 2.65 bits per heavy atom. The van der Waals surface area contributed by atoms with Crippen molar-refractivity contribution < 1.29 is 14.3 Å². The number of hydrogen-bond donors (Lipinski definition) is 1. The summed E-state index contributed by atoms with van der Waals surface area (Å²) in [6, 6.07) is 0. The van der Waals surface area contributed by atoms with Crippen LogP contribution in [-0.2, 0) is 14.3 Å². The van der Waals surface area contributed by atoms with E-state index in [0.717, 1.165) is 26.0 Å². The van der Waals surface area contributed by atoms with Crippen molar-refractivity contribution in [2.24, 2.45) is 0 Å². The van der Waals surface area contributed by atoms with Gasteiger partial charge in [-0.05, 0) is 40.2 Å². The molecule has 0 saturated heterocycles. The molecule has 0 spiro atoms. The Labute approximate surface area is 104 Å². The Kier molecular flexibility index (Phi) is 9.77. The second kappa shape index (κ2) is 10.3. The lowest BCUT2D eigenvalue weighted by Crippen LogP contribution is -2.17. The number of ether oxygens (including phenoxy) is 2. The van der Waals surface area contributed by atoms with Crippen molar-refractivity contribution in [2.75, 3.05) is 26.8 Å². The van der Waals surface area contributed by atoms with E-state index in [-0.39, 0.29) is 5.97 Å². The molecule has 0 aromatic carbocycles. The van der Waals surface area contributed by atoms with Crippen LogP contribution in [-0.4, -0.2) is 38.9 Å². The normalized spacial score (nSPS) is 11.9. The fourth-order valence-corrected chi connectivity index (χ4v) is 1.24. The van der Waals surface area contributed by atoms with E-state index >= 15 is 0 Å². The predicted octanol–water partition coefficient (Wildman–Crippen LogP) is 1.90. The molecule has 0 rings (SSSR count). The van der Waals surface area contributed by atoms with Crippen molar-refractivity contribution >= 4 is 5.97 Å². The van der Waals surface area contributed by atoms with Crippen LogP contribution < -0.4 is 5.32 Å². The first kappa shape index (κ1) is 16.1. The summed E-state index contributed by atoms with van der Waals surface area (Å²) in [5.74, 6) is -0.267. The van der Waals surface area contributed by atoms with Gasteiger partial charge < -0.3 is 14.8 Å². The molecule has 0 unspecified atom stereocenters. The van der Waals surface area contributed by atoms with Gasteiger partial charge in [-0.3, -0.25) is 0 Å². The van der Waals surface area contributed by atoms with Crippen LogP contribution in [0.2, 0.25) is 0 Å². The highest BCUT2D eigenvalue weighted by molar-refractivity contribution is 5.87. The molecule has 0 atom stereocenters. The molecule has 17 heavy (non-hydrogen) atoms. The molecule has 100 valence electrons. The summed E-state index contributed by atoms with van der Waals surface area (Å²) in [7, 11) is 1.39. The van der Waals surface area contributed by atoms with Crippen LogP contribution in [0.5, 0.6) is 0 Å². The first-order valence-electron chi connectivity index (χ1n) is 6.15. The third-order valence-electron chi connectivity index (χ3n) is 2.26. The van der Waals surface area contributed by atoms with E-state index in [9.17, 15) is 4.79 Å². The Balaban J connectivity index is 3.37. The second-order valence-electron chi connectivity index (χ2n) is 4.21. The minimum atomic E-state index is -0.267. The molecule has 0 aromatic heterocycles. The Hall–Kier alpha value is -0.870. The fraction of sp³-hybridized carbons (Fsp3) is 0.769. The van der Waals surface area contributed by atoms with Crippen LogP contribution in [0.4, 0.5) is 0 Å². The Bertz CT molecular complexity index is 237. The van der Waals surface area contributed by atoms with Crippen LogP contribution in [0.3, 0.4) is 0 Å². The van der Waals surface area contributed by atoms with Crippen LogP contribution in [0.1, 0.15) is 33.6 Å². The minimum absolute atomic E-state index is 0.267. The molecule has 4 nitrogen and oxygen atoms in total. The molecule has 0 fully saturated rings. The summed E-state index contributed by atoms with van der Waals surface area (Å²) in [6.07, 6.45) is 4.30. The van der Waals surface area contributed by atoms with Crippen molar-refractivity contribution in [1.82, 2.24) is 5.32 Å². The van der Waals surface area contributed by atoms with Gasteiger partial charge in [0.1, 0.15) is 0 Å². The monoisotopic (exact) mass is 243 g/mol. The summed E-state index contributed by atoms with van der Waals surface area (Å²) in [5, 5.41) is 3.24. The predicted molar refractivity (Wildman–Crippen MR) is 69.0 cm³/mol. The van der Waals surface area contributed by atoms with Crippen LogP contribution in [0.15, 0.2) is 11.6 Å². The van der Waals surface area contributed by atoms with Gasteiger partial charge in [0.2, 0.25) is 0 Å². The molecule has 0 amide bonds. The molecule has 0 bridgehead atoms. The van der Waals surface area contributed by atoms with E-state index in [1.54, 1.807) is 6.92 Å². The maximum atomic E-state index is 11.0. The Morgan fingerprint density at radius 1 is 1.35 bits per heavy atom. The van der Waals surface area contributed by atoms with E-state index < -0.39 is 0 Å². The van der Waals surface area contributed by atoms with Gasteiger partial charge in [0, 0.05) is 18.7 Å². The topological polar surface area (TPSA) is 47.6 Å². The smallest absolute Gasteiger partial charge is 0.333 e. The maximum Gasteiger partial charge on any atom is 0.333 e. The fourth-order valence-electron chi connectivity index (χ4n) is 1.24. The molecule has 0 saturated carbocycles. The van der Waals surface area contributed by atoms with Gasteiger partial charge in [-0.15, -0.1) is 0 Å². The lowest BCUT2D eigenvalue weighted by Gasteiger charge is -2.07. The zero-order valence-electron chi connectivity index (χ0n) is 11.4. The number of methoxy groups -OCH3 is 1. The molecular weight excluding hydrogens is 218 g/mol. The molecule has 0 aromatic rings. The van der Waals surface area contributed by atoms with Gasteiger partial charge in [0.15, 0.2) is 0 Å². The molecule has 0 aliphatic rings. The number of carbonyl (C=O) groups excluding carboxylic acids is 1. The highest BCUT2D eigenvalue weighted by Crippen LogP contribution is 1.95. The summed E-state index contributed by atoms with van der Waals surface area (Å²) < 4.78 is 10.0. The maximum absolute atomic E-state index is 11.0. The molecular formula is C13H25NO3. The van der Waals surface area contributed by atoms with Gasteiger partial charge in [-0.25, -0.2) is 4.79 Å². The van der Waals surface area contributed by atoms with Crippen molar-refractivity contribution in [3.05, 3.63) is 11.6 Å². The Morgan fingerprint density at radius 2 is 2.06 bits per heavy atom. The quantitative estimate of drug-likeness (QED) is 0.382. The minimum Gasteiger partial charge on any atom is -0.466 e. The van der Waals surface area contributed by atoms with Crippen LogP contribution in [0.25, 0.3) is 0 Å². The number of unbranched alkanes of at least 4 members (excludes halogenated alkanes) is 1. The first-order valence-corrected chi connectivity index (χ1v) is 6.15. The average Bonchev–Trinajstić information content (AvgIpc) is 2.30. The van der Waals surface area contributed by atoms with Gasteiger partial charge >= 0.3 is 5.97 Å². The first-order chi connectivity index (χ1) is 8.07. The summed E-state index contributed by atoms with van der Waals surface area (Å²) >= 11 is 0. The number of carbonyl (C=O) groups is 1. The van der Waals surface area contributed by atoms with Crippen LogP contribution in [0, 0.1) is 0 Å². The van der Waals surface area contributed by atoms with Gasteiger partial charge in [0.25, 0.3) is 0 Å². The van der Waals surface area contributed by atoms with E-state index in [1.807, 2.05) is 19.9 Å². The summed E-state index contributed by atoms with van der Waals surface area (Å²) in [6.45, 7) is 8.29. The van der Waals surface area contributed by atoms with Crippen molar-refractivity contribution in [3.8, 4) is 0 Å². The van der Waals surface area contributed by atoms with E-state index in [4.69, 9.17) is 4.74 Å². The largest absolute Gasteiger partial charge is 0.466 e. The van der Waals surface area contributed by atoms with E-state index in [1.165, 1.54) is 7.11 Å². The van der Waals surface area contributed by atoms with Gasteiger partial charge in [-0.2, -0.15) is 0 Å². The summed E-state index contributed by atoms with van der Waals surface area (Å²) in [4.78, 5) is 11.0. The van der Waals surface area contributed by atoms with Gasteiger partial charge in [-0.1, -0.05) is 6.08 Å². The van der Waals surface area contributed by atoms with Gasteiger partial charge in [0.05, 0.1) is 13.2 Å². The molecule has 0 radical (unpaired) electrons. The lowest BCUT2D eigenvalue weighted by atomic mass is 10.3. The average molecular weight is 243 g/mol. The zero-order chi connectivity index (χ0) is 13.1. The summed E-state index contributed by atoms with van der Waals surface area (Å²) in [5.41, 5.74) is 0.642. The number of nitrogens with one attached hydrogen (secondary N) is 1. The number of esters is 1. The zero-order valence-corrected chi connectivity index (χ0v) is 11.4. The standard InChI is InChI=1S/C13H25NO3/c1-11(2)17-10-6-5-8-14-9-7-12(3)13(15)16-4/h7,11,14H,5-6,8-10H2,1-4H3. The lowest BCUT2D eigenvalue weighted by molar-refractivity contribution is -0.136. The van der Waals surface area contributed by atoms with Crippen molar-refractivity contribution in [1.29, 1.82) is 0 Å². The SMILES string of the molecule is COC(=O)C(C)=CCNCCCCOC(C)C. The third-order valence-corrected chi connectivity index (χ3v) is 2.26. The highest BCUT2D eigenvalue weighted by atomic mass is 16.5. The van der Waals surface area contributed by atoms with E-state index in [0.29, 0.717) is 18.2 Å². The number of hydrogen-bond acceptors (Lipinski definition) is 4. The molecule has 4 heteroatoms. The third kappa shape index (κ3) is 10.0. The molecule has 1 N–H and O–H groups in total.